The first-order valence-corrected chi connectivity index (χ1v) is 14.0. The highest BCUT2D eigenvalue weighted by atomic mass is 19.1. The molecule has 0 aliphatic carbocycles. The Kier molecular flexibility index (Phi) is 11.6. The summed E-state index contributed by atoms with van der Waals surface area (Å²) < 4.78 is 18.3. The number of carbonyl (C=O) groups is 2. The molecule has 1 amide bonds. The van der Waals surface area contributed by atoms with E-state index in [1.54, 1.807) is 19.2 Å². The summed E-state index contributed by atoms with van der Waals surface area (Å²) in [5.74, 6) is 0.0807. The number of methoxy groups -OCH3 is 1. The fraction of sp³-hybridized carbons (Fsp3) is 0.353. The third-order valence-corrected chi connectivity index (χ3v) is 7.27. The molecule has 3 aromatic rings. The first-order chi connectivity index (χ1) is 19.3. The maximum atomic E-state index is 13.2. The molecule has 6 heteroatoms. The van der Waals surface area contributed by atoms with E-state index in [1.165, 1.54) is 12.1 Å². The van der Waals surface area contributed by atoms with Gasteiger partial charge in [0.15, 0.2) is 5.78 Å². The second kappa shape index (κ2) is 15.1. The predicted molar refractivity (Wildman–Crippen MR) is 161 cm³/mol. The number of hydrogen-bond donors (Lipinski definition) is 1. The van der Waals surface area contributed by atoms with Crippen LogP contribution in [0.5, 0.6) is 0 Å². The number of carbonyl (C=O) groups excluding carboxylic acids is 2. The Balaban J connectivity index is 1.65. The Bertz CT molecular complexity index is 1380. The van der Waals surface area contributed by atoms with Crippen LogP contribution in [0.15, 0.2) is 60.7 Å². The average Bonchev–Trinajstić information content (AvgIpc) is 2.96. The van der Waals surface area contributed by atoms with Gasteiger partial charge in [-0.25, -0.2) is 4.39 Å². The number of Topliss-reactive ketones (excluding diaryl/α,β-unsaturated/α-hetero) is 1. The van der Waals surface area contributed by atoms with Gasteiger partial charge in [0.2, 0.25) is 0 Å². The largest absolute Gasteiger partial charge is 0.383 e. The van der Waals surface area contributed by atoms with Gasteiger partial charge in [-0.3, -0.25) is 9.59 Å². The van der Waals surface area contributed by atoms with Gasteiger partial charge in [-0.1, -0.05) is 69.3 Å². The highest BCUT2D eigenvalue weighted by molar-refractivity contribution is 5.96. The molecule has 5 nitrogen and oxygen atoms in total. The normalized spacial score (nSPS) is 12.3. The van der Waals surface area contributed by atoms with Crippen LogP contribution in [0.2, 0.25) is 0 Å². The molecule has 0 aliphatic heterocycles. The van der Waals surface area contributed by atoms with Gasteiger partial charge in [-0.05, 0) is 58.9 Å². The van der Waals surface area contributed by atoms with E-state index in [0.29, 0.717) is 43.0 Å². The lowest BCUT2D eigenvalue weighted by Gasteiger charge is -2.22. The van der Waals surface area contributed by atoms with Crippen molar-refractivity contribution < 1.29 is 18.7 Å². The smallest absolute Gasteiger partial charge is 0.251 e. The SMILES string of the molecule is C=c1ccc(C(=O)NCCOC)c(CC)/c1=C/N(C)CC(CC)CCC(=O)c1ccc(-c2ccc(F)cc2)cc1. The van der Waals surface area contributed by atoms with E-state index < -0.39 is 0 Å². The van der Waals surface area contributed by atoms with Crippen molar-refractivity contribution >= 4 is 24.5 Å². The van der Waals surface area contributed by atoms with Crippen LogP contribution < -0.4 is 15.8 Å². The van der Waals surface area contributed by atoms with Crippen molar-refractivity contribution in [1.29, 1.82) is 0 Å². The van der Waals surface area contributed by atoms with Crippen LogP contribution in [-0.2, 0) is 11.2 Å². The van der Waals surface area contributed by atoms with Crippen molar-refractivity contribution in [1.82, 2.24) is 10.2 Å². The fourth-order valence-corrected chi connectivity index (χ4v) is 4.90. The van der Waals surface area contributed by atoms with Gasteiger partial charge in [-0.2, -0.15) is 0 Å². The van der Waals surface area contributed by atoms with Gasteiger partial charge in [0, 0.05) is 56.2 Å². The van der Waals surface area contributed by atoms with Crippen LogP contribution in [0.1, 0.15) is 59.4 Å². The van der Waals surface area contributed by atoms with Gasteiger partial charge in [0.25, 0.3) is 5.91 Å². The number of nitrogens with one attached hydrogen (secondary N) is 1. The summed E-state index contributed by atoms with van der Waals surface area (Å²) >= 11 is 0. The Morgan fingerprint density at radius 2 is 1.68 bits per heavy atom. The fourth-order valence-electron chi connectivity index (χ4n) is 4.90. The van der Waals surface area contributed by atoms with E-state index in [0.717, 1.165) is 46.5 Å². The number of rotatable bonds is 14. The summed E-state index contributed by atoms with van der Waals surface area (Å²) in [5.41, 5.74) is 4.19. The summed E-state index contributed by atoms with van der Waals surface area (Å²) in [6.07, 6.45) is 5.00. The lowest BCUT2D eigenvalue weighted by atomic mass is 9.95. The molecule has 212 valence electrons. The van der Waals surface area contributed by atoms with Crippen LogP contribution in [-0.4, -0.2) is 50.4 Å². The Labute approximate surface area is 237 Å². The van der Waals surface area contributed by atoms with Gasteiger partial charge in [0.1, 0.15) is 5.82 Å². The van der Waals surface area contributed by atoms with Crippen LogP contribution in [0, 0.1) is 11.7 Å². The molecule has 0 saturated heterocycles. The summed E-state index contributed by atoms with van der Waals surface area (Å²) in [5, 5.41) is 4.76. The standard InChI is InChI=1S/C34H41FN2O3/c1-6-25(9-19-33(38)28-12-10-26(11-13-28)27-14-16-29(35)17-15-27)22-37(4)23-32-24(3)8-18-31(30(32)7-2)34(39)36-20-21-40-5/h8,10-18,23,25H,3,6-7,9,19-22H2,1-2,4-5H3,(H,36,39)/b32-23+. The molecule has 1 atom stereocenters. The first-order valence-electron chi connectivity index (χ1n) is 14.0. The van der Waals surface area contributed by atoms with Crippen LogP contribution in [0.4, 0.5) is 4.39 Å². The number of hydrogen-bond acceptors (Lipinski definition) is 4. The Morgan fingerprint density at radius 1 is 1.02 bits per heavy atom. The van der Waals surface area contributed by atoms with E-state index in [4.69, 9.17) is 4.74 Å². The van der Waals surface area contributed by atoms with Gasteiger partial charge >= 0.3 is 0 Å². The van der Waals surface area contributed by atoms with E-state index in [2.05, 4.69) is 29.9 Å². The summed E-state index contributed by atoms with van der Waals surface area (Å²) in [6.45, 7) is 10.1. The minimum atomic E-state index is -0.267. The third kappa shape index (κ3) is 8.36. The molecule has 1 unspecified atom stereocenters. The summed E-state index contributed by atoms with van der Waals surface area (Å²) in [6, 6.07) is 17.6. The number of amides is 1. The average molecular weight is 545 g/mol. The minimum Gasteiger partial charge on any atom is -0.383 e. The first kappa shape index (κ1) is 30.8. The second-order valence-electron chi connectivity index (χ2n) is 10.2. The minimum absolute atomic E-state index is 0.109. The number of ketones is 1. The molecule has 0 fully saturated rings. The van der Waals surface area contributed by atoms with Gasteiger partial charge in [0.05, 0.1) is 6.61 Å². The summed E-state index contributed by atoms with van der Waals surface area (Å²) in [7, 11) is 3.64. The zero-order valence-corrected chi connectivity index (χ0v) is 24.1. The number of ether oxygens (including phenoxy) is 1. The third-order valence-electron chi connectivity index (χ3n) is 7.27. The van der Waals surface area contributed by atoms with Crippen LogP contribution >= 0.6 is 0 Å². The quantitative estimate of drug-likeness (QED) is 0.224. The molecule has 0 bridgehead atoms. The predicted octanol–water partition coefficient (Wildman–Crippen LogP) is 5.20. The monoisotopic (exact) mass is 544 g/mol. The zero-order chi connectivity index (χ0) is 29.1. The van der Waals surface area contributed by atoms with Crippen molar-refractivity contribution in [3.8, 4) is 11.1 Å². The van der Waals surface area contributed by atoms with Crippen molar-refractivity contribution in [2.45, 2.75) is 39.5 Å². The van der Waals surface area contributed by atoms with Crippen molar-refractivity contribution in [3.05, 3.63) is 93.6 Å². The Morgan fingerprint density at radius 3 is 2.27 bits per heavy atom. The molecular weight excluding hydrogens is 503 g/mol. The van der Waals surface area contributed by atoms with Gasteiger partial charge < -0.3 is 15.0 Å². The van der Waals surface area contributed by atoms with Crippen molar-refractivity contribution in [3.63, 3.8) is 0 Å². The van der Waals surface area contributed by atoms with E-state index in [-0.39, 0.29) is 17.5 Å². The summed E-state index contributed by atoms with van der Waals surface area (Å²) in [4.78, 5) is 27.9. The maximum Gasteiger partial charge on any atom is 0.251 e. The Hall–Kier alpha value is -3.77. The van der Waals surface area contributed by atoms with E-state index in [9.17, 15) is 14.0 Å². The molecule has 3 rings (SSSR count). The molecule has 40 heavy (non-hydrogen) atoms. The molecule has 0 saturated carbocycles. The maximum absolute atomic E-state index is 13.2. The van der Waals surface area contributed by atoms with Crippen molar-refractivity contribution in [2.75, 3.05) is 33.9 Å². The zero-order valence-electron chi connectivity index (χ0n) is 24.1. The number of halogens is 1. The highest BCUT2D eigenvalue weighted by Gasteiger charge is 2.15. The highest BCUT2D eigenvalue weighted by Crippen LogP contribution is 2.22. The lowest BCUT2D eigenvalue weighted by Crippen LogP contribution is -2.36. The second-order valence-corrected chi connectivity index (χ2v) is 10.2. The number of benzene rings is 3. The van der Waals surface area contributed by atoms with Gasteiger partial charge in [-0.15, -0.1) is 0 Å². The lowest BCUT2D eigenvalue weighted by molar-refractivity contribution is 0.0934. The number of nitrogens with zero attached hydrogens (tertiary/aromatic N) is 1. The molecule has 3 aromatic carbocycles. The topological polar surface area (TPSA) is 58.6 Å². The molecule has 0 heterocycles. The molecule has 0 aromatic heterocycles. The molecule has 0 aliphatic rings. The van der Waals surface area contributed by atoms with Crippen molar-refractivity contribution in [2.24, 2.45) is 5.92 Å². The van der Waals surface area contributed by atoms with E-state index in [1.807, 2.05) is 50.4 Å². The molecule has 0 radical (unpaired) electrons. The van der Waals surface area contributed by atoms with Crippen LogP contribution in [0.3, 0.4) is 0 Å². The van der Waals surface area contributed by atoms with E-state index >= 15 is 0 Å². The molecule has 0 spiro atoms. The molecule has 1 N–H and O–H groups in total. The van der Waals surface area contributed by atoms with Crippen LogP contribution in [0.25, 0.3) is 23.9 Å². The molecular formula is C34H41FN2O3.